The van der Waals surface area contributed by atoms with Crippen molar-refractivity contribution < 1.29 is 19.1 Å². The fraction of sp³-hybridized carbons (Fsp3) is 0.160. The van der Waals surface area contributed by atoms with Crippen molar-refractivity contribution in [3.8, 4) is 11.5 Å². The minimum atomic E-state index is -0.338. The molecule has 8 heteroatoms. The van der Waals surface area contributed by atoms with Gasteiger partial charge in [-0.25, -0.2) is 4.98 Å². The molecule has 168 valence electrons. The van der Waals surface area contributed by atoms with E-state index in [1.54, 1.807) is 36.4 Å². The maximum atomic E-state index is 13.0. The Morgan fingerprint density at radius 1 is 1.03 bits per heavy atom. The van der Waals surface area contributed by atoms with Gasteiger partial charge in [0.25, 0.3) is 5.91 Å². The molecule has 4 aromatic rings. The number of anilines is 2. The van der Waals surface area contributed by atoms with Crippen LogP contribution >= 0.6 is 0 Å². The van der Waals surface area contributed by atoms with Crippen molar-refractivity contribution >= 4 is 28.8 Å². The van der Waals surface area contributed by atoms with Gasteiger partial charge in [-0.1, -0.05) is 18.2 Å². The summed E-state index contributed by atoms with van der Waals surface area (Å²) < 4.78 is 13.2. The second-order valence-corrected chi connectivity index (χ2v) is 7.49. The third kappa shape index (κ3) is 4.95. The van der Waals surface area contributed by atoms with E-state index in [2.05, 4.69) is 15.6 Å². The quantitative estimate of drug-likeness (QED) is 0.440. The van der Waals surface area contributed by atoms with Gasteiger partial charge in [-0.2, -0.15) is 0 Å². The molecule has 0 saturated carbocycles. The predicted octanol–water partition coefficient (Wildman–Crippen LogP) is 4.44. The van der Waals surface area contributed by atoms with E-state index in [0.717, 1.165) is 16.9 Å². The molecule has 8 nitrogen and oxygen atoms in total. The molecule has 0 aliphatic heterocycles. The monoisotopic (exact) mass is 444 g/mol. The van der Waals surface area contributed by atoms with Crippen LogP contribution in [0.1, 0.15) is 28.5 Å². The van der Waals surface area contributed by atoms with Gasteiger partial charge in [0.15, 0.2) is 0 Å². The number of imidazole rings is 1. The number of aromatic nitrogens is 2. The number of para-hydroxylation sites is 1. The number of fused-ring (bicyclic) bond motifs is 1. The van der Waals surface area contributed by atoms with Gasteiger partial charge < -0.3 is 24.5 Å². The van der Waals surface area contributed by atoms with Gasteiger partial charge in [0.1, 0.15) is 23.8 Å². The Morgan fingerprint density at radius 3 is 2.61 bits per heavy atom. The first-order chi connectivity index (χ1) is 15.9. The number of nitrogens with zero attached hydrogens (tertiary/aromatic N) is 2. The van der Waals surface area contributed by atoms with Crippen LogP contribution in [0.4, 0.5) is 11.4 Å². The van der Waals surface area contributed by atoms with Crippen molar-refractivity contribution in [3.63, 3.8) is 0 Å². The number of nitrogens with one attached hydrogen (secondary N) is 2. The summed E-state index contributed by atoms with van der Waals surface area (Å²) in [6.07, 6.45) is 3.84. The summed E-state index contributed by atoms with van der Waals surface area (Å²) in [6.45, 7) is 3.63. The number of carbonyl (C=O) groups is 2. The lowest BCUT2D eigenvalue weighted by Gasteiger charge is -2.13. The molecule has 0 aliphatic carbocycles. The second-order valence-electron chi connectivity index (χ2n) is 7.49. The van der Waals surface area contributed by atoms with Gasteiger partial charge in [0.2, 0.25) is 5.91 Å². The number of aryl methyl sites for hydroxylation is 1. The van der Waals surface area contributed by atoms with Crippen LogP contribution in [0.3, 0.4) is 0 Å². The molecule has 0 saturated heterocycles. The Balaban J connectivity index is 1.51. The zero-order chi connectivity index (χ0) is 23.4. The summed E-state index contributed by atoms with van der Waals surface area (Å²) in [6, 6.07) is 16.0. The standard InChI is InChI=1S/C25H24N4O4/c1-16-7-6-12-29-14-19(27-24(16)29)15-33-22-9-5-4-8-20(22)25(31)28-18-10-11-23(32-3)21(13-18)26-17(2)30/h4-14H,15H2,1-3H3,(H,26,30)(H,28,31). The molecule has 33 heavy (non-hydrogen) atoms. The highest BCUT2D eigenvalue weighted by Crippen LogP contribution is 2.29. The maximum absolute atomic E-state index is 13.0. The molecule has 0 fully saturated rings. The van der Waals surface area contributed by atoms with Crippen molar-refractivity contribution in [1.29, 1.82) is 0 Å². The number of pyridine rings is 1. The minimum absolute atomic E-state index is 0.223. The fourth-order valence-corrected chi connectivity index (χ4v) is 3.48. The number of methoxy groups -OCH3 is 1. The van der Waals surface area contributed by atoms with Gasteiger partial charge in [0.05, 0.1) is 24.1 Å². The summed E-state index contributed by atoms with van der Waals surface area (Å²) in [4.78, 5) is 29.1. The average Bonchev–Trinajstić information content (AvgIpc) is 3.22. The summed E-state index contributed by atoms with van der Waals surface area (Å²) >= 11 is 0. The Morgan fingerprint density at radius 2 is 1.85 bits per heavy atom. The summed E-state index contributed by atoms with van der Waals surface area (Å²) in [5, 5.41) is 5.54. The van der Waals surface area contributed by atoms with E-state index in [0.29, 0.717) is 28.4 Å². The summed E-state index contributed by atoms with van der Waals surface area (Å²) in [5.41, 5.74) is 4.06. The Bertz CT molecular complexity index is 1330. The average molecular weight is 444 g/mol. The first-order valence-electron chi connectivity index (χ1n) is 10.4. The first kappa shape index (κ1) is 21.9. The van der Waals surface area contributed by atoms with Crippen LogP contribution in [0, 0.1) is 6.92 Å². The number of benzene rings is 2. The minimum Gasteiger partial charge on any atom is -0.495 e. The predicted molar refractivity (Wildman–Crippen MR) is 126 cm³/mol. The molecule has 0 aliphatic rings. The van der Waals surface area contributed by atoms with Crippen molar-refractivity contribution in [2.24, 2.45) is 0 Å². The topological polar surface area (TPSA) is 94.0 Å². The van der Waals surface area contributed by atoms with E-state index in [9.17, 15) is 9.59 Å². The van der Waals surface area contributed by atoms with E-state index in [1.165, 1.54) is 14.0 Å². The van der Waals surface area contributed by atoms with Crippen LogP contribution in [-0.4, -0.2) is 28.3 Å². The van der Waals surface area contributed by atoms with E-state index >= 15 is 0 Å². The van der Waals surface area contributed by atoms with E-state index < -0.39 is 0 Å². The molecule has 0 atom stereocenters. The largest absolute Gasteiger partial charge is 0.495 e. The molecule has 4 rings (SSSR count). The van der Waals surface area contributed by atoms with Crippen LogP contribution in [0.15, 0.2) is 67.0 Å². The molecule has 0 radical (unpaired) electrons. The highest BCUT2D eigenvalue weighted by atomic mass is 16.5. The highest BCUT2D eigenvalue weighted by Gasteiger charge is 2.15. The molecular weight excluding hydrogens is 420 g/mol. The van der Waals surface area contributed by atoms with Gasteiger partial charge >= 0.3 is 0 Å². The number of carbonyl (C=O) groups excluding carboxylic acids is 2. The number of hydrogen-bond acceptors (Lipinski definition) is 5. The van der Waals surface area contributed by atoms with Gasteiger partial charge in [-0.15, -0.1) is 0 Å². The Hall–Kier alpha value is -4.33. The van der Waals surface area contributed by atoms with Gasteiger partial charge in [-0.3, -0.25) is 9.59 Å². The molecule has 2 aromatic carbocycles. The second kappa shape index (κ2) is 9.44. The number of hydrogen-bond donors (Lipinski definition) is 2. The van der Waals surface area contributed by atoms with E-state index in [1.807, 2.05) is 41.9 Å². The molecule has 2 amide bonds. The molecule has 0 unspecified atom stereocenters. The van der Waals surface area contributed by atoms with Crippen LogP contribution in [0.5, 0.6) is 11.5 Å². The Labute approximate surface area is 191 Å². The van der Waals surface area contributed by atoms with Crippen molar-refractivity contribution in [3.05, 3.63) is 83.8 Å². The molecule has 2 N–H and O–H groups in total. The lowest BCUT2D eigenvalue weighted by molar-refractivity contribution is -0.114. The van der Waals surface area contributed by atoms with Crippen LogP contribution in [0.2, 0.25) is 0 Å². The molecule has 0 spiro atoms. The molecule has 2 heterocycles. The molecular formula is C25H24N4O4. The number of ether oxygens (including phenoxy) is 2. The fourth-order valence-electron chi connectivity index (χ4n) is 3.48. The third-order valence-electron chi connectivity index (χ3n) is 5.00. The summed E-state index contributed by atoms with van der Waals surface area (Å²) in [7, 11) is 1.51. The van der Waals surface area contributed by atoms with Gasteiger partial charge in [-0.05, 0) is 48.9 Å². The lowest BCUT2D eigenvalue weighted by Crippen LogP contribution is -2.14. The first-order valence-corrected chi connectivity index (χ1v) is 10.4. The maximum Gasteiger partial charge on any atom is 0.259 e. The number of amides is 2. The van der Waals surface area contributed by atoms with Crippen molar-refractivity contribution in [1.82, 2.24) is 9.38 Å². The van der Waals surface area contributed by atoms with Crippen LogP contribution < -0.4 is 20.1 Å². The summed E-state index contributed by atoms with van der Waals surface area (Å²) in [5.74, 6) is 0.363. The highest BCUT2D eigenvalue weighted by molar-refractivity contribution is 6.06. The van der Waals surface area contributed by atoms with Crippen molar-refractivity contribution in [2.45, 2.75) is 20.5 Å². The van der Waals surface area contributed by atoms with Gasteiger partial charge in [0, 0.05) is 25.0 Å². The zero-order valence-electron chi connectivity index (χ0n) is 18.6. The smallest absolute Gasteiger partial charge is 0.259 e. The third-order valence-corrected chi connectivity index (χ3v) is 5.00. The normalized spacial score (nSPS) is 10.6. The Kier molecular flexibility index (Phi) is 6.26. The number of rotatable bonds is 7. The molecule has 0 bridgehead atoms. The SMILES string of the molecule is COc1ccc(NC(=O)c2ccccc2OCc2cn3cccc(C)c3n2)cc1NC(C)=O. The lowest BCUT2D eigenvalue weighted by atomic mass is 10.1. The van der Waals surface area contributed by atoms with E-state index in [-0.39, 0.29) is 18.4 Å². The van der Waals surface area contributed by atoms with Crippen LogP contribution in [0.25, 0.3) is 5.65 Å². The van der Waals surface area contributed by atoms with E-state index in [4.69, 9.17) is 9.47 Å². The zero-order valence-corrected chi connectivity index (χ0v) is 18.6. The molecule has 2 aromatic heterocycles. The van der Waals surface area contributed by atoms with Crippen LogP contribution in [-0.2, 0) is 11.4 Å². The van der Waals surface area contributed by atoms with Crippen molar-refractivity contribution in [2.75, 3.05) is 17.7 Å².